The Morgan fingerprint density at radius 2 is 2.04 bits per heavy atom. The molecule has 7 heteroatoms. The van der Waals surface area contributed by atoms with Crippen molar-refractivity contribution >= 4 is 29.1 Å². The van der Waals surface area contributed by atoms with Gasteiger partial charge in [0.2, 0.25) is 11.8 Å². The van der Waals surface area contributed by atoms with Gasteiger partial charge < -0.3 is 20.3 Å². The van der Waals surface area contributed by atoms with E-state index in [1.54, 1.807) is 18.2 Å². The van der Waals surface area contributed by atoms with Crippen molar-refractivity contribution in [3.63, 3.8) is 0 Å². The Bertz CT molecular complexity index is 618. The van der Waals surface area contributed by atoms with Crippen LogP contribution in [0, 0.1) is 5.92 Å². The zero-order valence-electron chi connectivity index (χ0n) is 15.5. The molecule has 1 atom stereocenters. The number of benzene rings is 1. The number of rotatable bonds is 9. The number of amides is 2. The van der Waals surface area contributed by atoms with Gasteiger partial charge in [-0.3, -0.25) is 9.59 Å². The van der Waals surface area contributed by atoms with Gasteiger partial charge in [0.15, 0.2) is 0 Å². The van der Waals surface area contributed by atoms with Gasteiger partial charge in [-0.1, -0.05) is 25.4 Å². The van der Waals surface area contributed by atoms with Gasteiger partial charge >= 0.3 is 0 Å². The first kappa shape index (κ1) is 20.5. The fraction of sp³-hybridized carbons (Fsp3) is 0.579. The van der Waals surface area contributed by atoms with Crippen molar-refractivity contribution in [3.8, 4) is 5.75 Å². The lowest BCUT2D eigenvalue weighted by Gasteiger charge is -2.21. The quantitative estimate of drug-likeness (QED) is 0.690. The lowest BCUT2D eigenvalue weighted by atomic mass is 10.1. The SMILES string of the molecule is CCCN(CCC)CCNC(=O)CC1COc2cc(Cl)ccc2NC1=O. The van der Waals surface area contributed by atoms with Crippen molar-refractivity contribution in [1.29, 1.82) is 0 Å². The van der Waals surface area contributed by atoms with Crippen LogP contribution in [0.1, 0.15) is 33.1 Å². The van der Waals surface area contributed by atoms with Gasteiger partial charge in [-0.25, -0.2) is 0 Å². The molecule has 0 radical (unpaired) electrons. The van der Waals surface area contributed by atoms with E-state index in [0.717, 1.165) is 32.5 Å². The number of nitrogens with one attached hydrogen (secondary N) is 2. The zero-order chi connectivity index (χ0) is 18.9. The molecule has 0 bridgehead atoms. The van der Waals surface area contributed by atoms with E-state index in [9.17, 15) is 9.59 Å². The predicted molar refractivity (Wildman–Crippen MR) is 104 cm³/mol. The third-order valence-electron chi connectivity index (χ3n) is 4.27. The Labute approximate surface area is 160 Å². The molecule has 144 valence electrons. The average Bonchev–Trinajstić information content (AvgIpc) is 2.74. The number of halogens is 1. The van der Waals surface area contributed by atoms with Crippen molar-refractivity contribution in [2.24, 2.45) is 5.92 Å². The van der Waals surface area contributed by atoms with Crippen molar-refractivity contribution < 1.29 is 14.3 Å². The molecule has 2 rings (SSSR count). The Morgan fingerprint density at radius 3 is 2.73 bits per heavy atom. The standard InChI is InChI=1S/C19H28ClN3O3/c1-3-8-23(9-4-2)10-7-21-18(24)11-14-13-26-17-12-15(20)5-6-16(17)22-19(14)25/h5-6,12,14H,3-4,7-11,13H2,1-2H3,(H,21,24)(H,22,25). The van der Waals surface area contributed by atoms with E-state index in [1.807, 2.05) is 0 Å². The average molecular weight is 382 g/mol. The molecular formula is C19H28ClN3O3. The lowest BCUT2D eigenvalue weighted by Crippen LogP contribution is -2.38. The summed E-state index contributed by atoms with van der Waals surface area (Å²) in [7, 11) is 0. The van der Waals surface area contributed by atoms with Gasteiger partial charge in [-0.15, -0.1) is 0 Å². The zero-order valence-corrected chi connectivity index (χ0v) is 16.3. The minimum absolute atomic E-state index is 0.106. The van der Waals surface area contributed by atoms with E-state index in [0.29, 0.717) is 23.0 Å². The fourth-order valence-electron chi connectivity index (χ4n) is 2.99. The van der Waals surface area contributed by atoms with Crippen LogP contribution in [0.15, 0.2) is 18.2 Å². The Balaban J connectivity index is 1.81. The van der Waals surface area contributed by atoms with Gasteiger partial charge in [0, 0.05) is 30.6 Å². The monoisotopic (exact) mass is 381 g/mol. The minimum atomic E-state index is -0.524. The molecule has 0 spiro atoms. The third-order valence-corrected chi connectivity index (χ3v) is 4.51. The molecule has 2 amide bonds. The highest BCUT2D eigenvalue weighted by Gasteiger charge is 2.27. The topological polar surface area (TPSA) is 70.7 Å². The first-order valence-corrected chi connectivity index (χ1v) is 9.63. The number of carbonyl (C=O) groups is 2. The molecule has 0 saturated heterocycles. The minimum Gasteiger partial charge on any atom is -0.491 e. The number of hydrogen-bond acceptors (Lipinski definition) is 4. The van der Waals surface area contributed by atoms with Gasteiger partial charge in [0.25, 0.3) is 0 Å². The van der Waals surface area contributed by atoms with Crippen LogP contribution in [0.4, 0.5) is 5.69 Å². The molecule has 1 aromatic carbocycles. The van der Waals surface area contributed by atoms with Crippen LogP contribution in [-0.2, 0) is 9.59 Å². The largest absolute Gasteiger partial charge is 0.491 e. The summed E-state index contributed by atoms with van der Waals surface area (Å²) in [5.74, 6) is -0.336. The van der Waals surface area contributed by atoms with Crippen LogP contribution in [0.2, 0.25) is 5.02 Å². The summed E-state index contributed by atoms with van der Waals surface area (Å²) < 4.78 is 5.66. The van der Waals surface area contributed by atoms with E-state index >= 15 is 0 Å². The van der Waals surface area contributed by atoms with Crippen molar-refractivity contribution in [2.45, 2.75) is 33.1 Å². The predicted octanol–water partition coefficient (Wildman–Crippen LogP) is 2.92. The molecule has 0 aliphatic carbocycles. The molecule has 1 aliphatic heterocycles. The summed E-state index contributed by atoms with van der Waals surface area (Å²) >= 11 is 5.95. The number of ether oxygens (including phenoxy) is 1. The van der Waals surface area contributed by atoms with E-state index in [1.165, 1.54) is 0 Å². The number of fused-ring (bicyclic) bond motifs is 1. The van der Waals surface area contributed by atoms with E-state index in [4.69, 9.17) is 16.3 Å². The number of carbonyl (C=O) groups excluding carboxylic acids is 2. The van der Waals surface area contributed by atoms with Gasteiger partial charge in [-0.05, 0) is 38.1 Å². The van der Waals surface area contributed by atoms with Crippen LogP contribution < -0.4 is 15.4 Å². The Hall–Kier alpha value is -1.79. The van der Waals surface area contributed by atoms with E-state index < -0.39 is 5.92 Å². The van der Waals surface area contributed by atoms with Crippen molar-refractivity contribution in [3.05, 3.63) is 23.2 Å². The van der Waals surface area contributed by atoms with Gasteiger partial charge in [0.05, 0.1) is 11.6 Å². The molecule has 1 unspecified atom stereocenters. The fourth-order valence-corrected chi connectivity index (χ4v) is 3.15. The second-order valence-electron chi connectivity index (χ2n) is 6.53. The summed E-state index contributed by atoms with van der Waals surface area (Å²) in [5, 5.41) is 6.25. The maximum Gasteiger partial charge on any atom is 0.231 e. The first-order chi connectivity index (χ1) is 12.5. The molecule has 1 heterocycles. The molecule has 1 aliphatic rings. The molecule has 1 aromatic rings. The highest BCUT2D eigenvalue weighted by molar-refractivity contribution is 6.30. The molecule has 0 aromatic heterocycles. The highest BCUT2D eigenvalue weighted by atomic mass is 35.5. The second-order valence-corrected chi connectivity index (χ2v) is 6.97. The first-order valence-electron chi connectivity index (χ1n) is 9.25. The van der Waals surface area contributed by atoms with Gasteiger partial charge in [-0.2, -0.15) is 0 Å². The van der Waals surface area contributed by atoms with Crippen molar-refractivity contribution in [2.75, 3.05) is 38.1 Å². The van der Waals surface area contributed by atoms with Crippen LogP contribution in [0.25, 0.3) is 0 Å². The molecule has 0 fully saturated rings. The van der Waals surface area contributed by atoms with Crippen molar-refractivity contribution in [1.82, 2.24) is 10.2 Å². The molecular weight excluding hydrogens is 354 g/mol. The van der Waals surface area contributed by atoms with Crippen LogP contribution >= 0.6 is 11.6 Å². The maximum atomic E-state index is 12.3. The normalized spacial score (nSPS) is 16.5. The van der Waals surface area contributed by atoms with Crippen LogP contribution in [0.5, 0.6) is 5.75 Å². The number of hydrogen-bond donors (Lipinski definition) is 2. The molecule has 6 nitrogen and oxygen atoms in total. The van der Waals surface area contributed by atoms with Gasteiger partial charge in [0.1, 0.15) is 12.4 Å². The summed E-state index contributed by atoms with van der Waals surface area (Å²) in [6.45, 7) is 7.93. The summed E-state index contributed by atoms with van der Waals surface area (Å²) in [6, 6.07) is 5.05. The lowest BCUT2D eigenvalue weighted by molar-refractivity contribution is -0.128. The van der Waals surface area contributed by atoms with E-state index in [2.05, 4.69) is 29.4 Å². The Kier molecular flexibility index (Phi) is 8.19. The Morgan fingerprint density at radius 1 is 1.31 bits per heavy atom. The number of anilines is 1. The van der Waals surface area contributed by atoms with Crippen LogP contribution in [-0.4, -0.2) is 49.5 Å². The summed E-state index contributed by atoms with van der Waals surface area (Å²) in [4.78, 5) is 26.9. The molecule has 26 heavy (non-hydrogen) atoms. The number of nitrogens with zero attached hydrogens (tertiary/aromatic N) is 1. The smallest absolute Gasteiger partial charge is 0.231 e. The second kappa shape index (κ2) is 10.4. The summed E-state index contributed by atoms with van der Waals surface area (Å²) in [6.07, 6.45) is 2.30. The molecule has 2 N–H and O–H groups in total. The van der Waals surface area contributed by atoms with Crippen LogP contribution in [0.3, 0.4) is 0 Å². The summed E-state index contributed by atoms with van der Waals surface area (Å²) in [5.41, 5.74) is 0.581. The third kappa shape index (κ3) is 6.18. The maximum absolute atomic E-state index is 12.3. The highest BCUT2D eigenvalue weighted by Crippen LogP contribution is 2.31. The van der Waals surface area contributed by atoms with E-state index in [-0.39, 0.29) is 24.8 Å². The molecule has 0 saturated carbocycles.